The number of aromatic amines is 1. The maximum atomic E-state index is 11.3. The number of rotatable bonds is 7. The molecule has 1 aliphatic rings. The number of carbonyl (C=O) groups is 1. The third-order valence-corrected chi connectivity index (χ3v) is 5.55. The SMILES string of the molecule is O=Cc1cccc2[nH]cc(CCCCN3CC=C(c4ccccc4)CC3)c12. The van der Waals surface area contributed by atoms with E-state index < -0.39 is 0 Å². The van der Waals surface area contributed by atoms with Gasteiger partial charge in [-0.15, -0.1) is 0 Å². The van der Waals surface area contributed by atoms with Crippen LogP contribution in [0.2, 0.25) is 0 Å². The van der Waals surface area contributed by atoms with Crippen molar-refractivity contribution in [2.24, 2.45) is 0 Å². The summed E-state index contributed by atoms with van der Waals surface area (Å²) in [5.74, 6) is 0. The molecule has 0 atom stereocenters. The second-order valence-corrected chi connectivity index (χ2v) is 7.30. The number of hydrogen-bond acceptors (Lipinski definition) is 2. The summed E-state index contributed by atoms with van der Waals surface area (Å²) in [5, 5.41) is 1.10. The van der Waals surface area contributed by atoms with Crippen molar-refractivity contribution < 1.29 is 4.79 Å². The van der Waals surface area contributed by atoms with E-state index in [1.165, 1.54) is 23.1 Å². The molecule has 1 aromatic heterocycles. The number of carbonyl (C=O) groups excluding carboxylic acids is 1. The van der Waals surface area contributed by atoms with Gasteiger partial charge in [0.2, 0.25) is 0 Å². The zero-order chi connectivity index (χ0) is 18.5. The van der Waals surface area contributed by atoms with Gasteiger partial charge < -0.3 is 4.98 Å². The Labute approximate surface area is 160 Å². The summed E-state index contributed by atoms with van der Waals surface area (Å²) < 4.78 is 0. The van der Waals surface area contributed by atoms with E-state index in [1.54, 1.807) is 0 Å². The summed E-state index contributed by atoms with van der Waals surface area (Å²) in [6, 6.07) is 16.6. The predicted octanol–water partition coefficient (Wildman–Crippen LogP) is 5.09. The molecule has 1 aliphatic heterocycles. The minimum Gasteiger partial charge on any atom is -0.361 e. The van der Waals surface area contributed by atoms with Crippen molar-refractivity contribution in [3.63, 3.8) is 0 Å². The molecule has 0 spiro atoms. The molecule has 3 heteroatoms. The summed E-state index contributed by atoms with van der Waals surface area (Å²) in [6.45, 7) is 3.33. The highest BCUT2D eigenvalue weighted by atomic mass is 16.1. The average molecular weight is 358 g/mol. The number of H-pyrrole nitrogens is 1. The molecule has 27 heavy (non-hydrogen) atoms. The van der Waals surface area contributed by atoms with Crippen LogP contribution in [0.25, 0.3) is 16.5 Å². The molecule has 4 rings (SSSR count). The van der Waals surface area contributed by atoms with Crippen molar-refractivity contribution in [3.8, 4) is 0 Å². The van der Waals surface area contributed by atoms with E-state index in [0.29, 0.717) is 0 Å². The van der Waals surface area contributed by atoms with Crippen LogP contribution < -0.4 is 0 Å². The van der Waals surface area contributed by atoms with Gasteiger partial charge >= 0.3 is 0 Å². The van der Waals surface area contributed by atoms with E-state index in [-0.39, 0.29) is 0 Å². The zero-order valence-electron chi connectivity index (χ0n) is 15.7. The van der Waals surface area contributed by atoms with Crippen LogP contribution in [-0.4, -0.2) is 35.8 Å². The number of hydrogen-bond donors (Lipinski definition) is 1. The highest BCUT2D eigenvalue weighted by Crippen LogP contribution is 2.24. The Balaban J connectivity index is 1.28. The highest BCUT2D eigenvalue weighted by Gasteiger charge is 2.13. The molecule has 138 valence electrons. The smallest absolute Gasteiger partial charge is 0.150 e. The number of fused-ring (bicyclic) bond motifs is 1. The van der Waals surface area contributed by atoms with Crippen LogP contribution in [-0.2, 0) is 6.42 Å². The van der Waals surface area contributed by atoms with Crippen LogP contribution in [0, 0.1) is 0 Å². The van der Waals surface area contributed by atoms with Crippen molar-refractivity contribution in [2.75, 3.05) is 19.6 Å². The lowest BCUT2D eigenvalue weighted by Gasteiger charge is -2.26. The Morgan fingerprint density at radius 1 is 1.04 bits per heavy atom. The number of benzene rings is 2. The molecule has 0 bridgehead atoms. The molecule has 3 nitrogen and oxygen atoms in total. The van der Waals surface area contributed by atoms with Gasteiger partial charge in [-0.3, -0.25) is 9.69 Å². The van der Waals surface area contributed by atoms with Crippen molar-refractivity contribution in [1.82, 2.24) is 9.88 Å². The Morgan fingerprint density at radius 2 is 1.93 bits per heavy atom. The van der Waals surface area contributed by atoms with Gasteiger partial charge in [0.05, 0.1) is 0 Å². The van der Waals surface area contributed by atoms with Crippen molar-refractivity contribution in [3.05, 3.63) is 77.5 Å². The van der Waals surface area contributed by atoms with Gasteiger partial charge in [-0.25, -0.2) is 0 Å². The first-order valence-corrected chi connectivity index (χ1v) is 9.86. The van der Waals surface area contributed by atoms with Crippen LogP contribution in [0.4, 0.5) is 0 Å². The van der Waals surface area contributed by atoms with E-state index in [1.807, 2.05) is 18.2 Å². The number of aryl methyl sites for hydroxylation is 1. The highest BCUT2D eigenvalue weighted by molar-refractivity contribution is 5.98. The van der Waals surface area contributed by atoms with Gasteiger partial charge in [-0.2, -0.15) is 0 Å². The molecule has 1 N–H and O–H groups in total. The van der Waals surface area contributed by atoms with E-state index in [9.17, 15) is 4.79 Å². The standard InChI is InChI=1S/C24H26N2O/c27-18-22-10-6-11-23-24(22)21(17-25-23)9-4-5-14-26-15-12-20(13-16-26)19-7-2-1-3-8-19/h1-3,6-8,10-12,17-18,25H,4-5,9,13-16H2. The average Bonchev–Trinajstić information content (AvgIpc) is 3.15. The van der Waals surface area contributed by atoms with E-state index in [0.717, 1.165) is 61.6 Å². The Kier molecular flexibility index (Phi) is 5.50. The molecule has 0 radical (unpaired) electrons. The minimum atomic E-state index is 0.790. The van der Waals surface area contributed by atoms with Crippen LogP contribution in [0.15, 0.2) is 60.8 Å². The molecule has 0 unspecified atom stereocenters. The van der Waals surface area contributed by atoms with Crippen LogP contribution in [0.1, 0.15) is 40.7 Å². The van der Waals surface area contributed by atoms with Gasteiger partial charge in [0.1, 0.15) is 0 Å². The molecule has 0 amide bonds. The van der Waals surface area contributed by atoms with Gasteiger partial charge in [0, 0.05) is 35.8 Å². The molecule has 2 aromatic carbocycles. The monoisotopic (exact) mass is 358 g/mol. The summed E-state index contributed by atoms with van der Waals surface area (Å²) in [4.78, 5) is 17.1. The lowest BCUT2D eigenvalue weighted by atomic mass is 9.99. The number of aromatic nitrogens is 1. The van der Waals surface area contributed by atoms with E-state index >= 15 is 0 Å². The van der Waals surface area contributed by atoms with E-state index in [2.05, 4.69) is 52.5 Å². The summed E-state index contributed by atoms with van der Waals surface area (Å²) in [6.07, 6.45) is 9.89. The van der Waals surface area contributed by atoms with Crippen LogP contribution in [0.5, 0.6) is 0 Å². The first-order valence-electron chi connectivity index (χ1n) is 9.86. The maximum absolute atomic E-state index is 11.3. The second kappa shape index (κ2) is 8.36. The lowest BCUT2D eigenvalue weighted by Crippen LogP contribution is -2.29. The molecule has 3 aromatic rings. The number of nitrogens with one attached hydrogen (secondary N) is 1. The Hall–Kier alpha value is -2.65. The van der Waals surface area contributed by atoms with Crippen molar-refractivity contribution in [1.29, 1.82) is 0 Å². The van der Waals surface area contributed by atoms with Gasteiger partial charge in [0.25, 0.3) is 0 Å². The van der Waals surface area contributed by atoms with E-state index in [4.69, 9.17) is 0 Å². The molecule has 0 fully saturated rings. The van der Waals surface area contributed by atoms with Gasteiger partial charge in [0.15, 0.2) is 6.29 Å². The van der Waals surface area contributed by atoms with Crippen molar-refractivity contribution >= 4 is 22.8 Å². The fourth-order valence-electron chi connectivity index (χ4n) is 4.06. The Morgan fingerprint density at radius 3 is 2.70 bits per heavy atom. The molecule has 0 saturated heterocycles. The van der Waals surface area contributed by atoms with Gasteiger partial charge in [-0.05, 0) is 55.0 Å². The number of aldehydes is 1. The molecule has 2 heterocycles. The second-order valence-electron chi connectivity index (χ2n) is 7.30. The quantitative estimate of drug-likeness (QED) is 0.471. The first-order chi connectivity index (χ1) is 13.3. The molecular formula is C24H26N2O. The topological polar surface area (TPSA) is 36.1 Å². The Bertz CT molecular complexity index is 939. The summed E-state index contributed by atoms with van der Waals surface area (Å²) in [5.41, 5.74) is 5.95. The first kappa shape index (κ1) is 17.7. The number of nitrogens with zero attached hydrogens (tertiary/aromatic N) is 1. The summed E-state index contributed by atoms with van der Waals surface area (Å²) >= 11 is 0. The zero-order valence-corrected chi connectivity index (χ0v) is 15.7. The number of unbranched alkanes of at least 4 members (excludes halogenated alkanes) is 1. The molecule has 0 saturated carbocycles. The summed E-state index contributed by atoms with van der Waals surface area (Å²) in [7, 11) is 0. The van der Waals surface area contributed by atoms with Gasteiger partial charge in [-0.1, -0.05) is 48.5 Å². The lowest BCUT2D eigenvalue weighted by molar-refractivity contribution is 0.112. The minimum absolute atomic E-state index is 0.790. The largest absolute Gasteiger partial charge is 0.361 e. The fraction of sp³-hybridized carbons (Fsp3) is 0.292. The fourth-order valence-corrected chi connectivity index (χ4v) is 4.06. The maximum Gasteiger partial charge on any atom is 0.150 e. The molecular weight excluding hydrogens is 332 g/mol. The van der Waals surface area contributed by atoms with Crippen LogP contribution in [0.3, 0.4) is 0 Å². The van der Waals surface area contributed by atoms with Crippen LogP contribution >= 0.6 is 0 Å². The molecule has 0 aliphatic carbocycles. The van der Waals surface area contributed by atoms with Crippen molar-refractivity contribution in [2.45, 2.75) is 25.7 Å². The third-order valence-electron chi connectivity index (χ3n) is 5.55. The normalized spacial score (nSPS) is 15.0. The third kappa shape index (κ3) is 4.04. The predicted molar refractivity (Wildman–Crippen MR) is 112 cm³/mol.